The van der Waals surface area contributed by atoms with Crippen molar-refractivity contribution < 1.29 is 18.9 Å². The molecule has 0 spiro atoms. The SMILES string of the molecule is Cc1ccc([N+](=O)[O-])cc1NC(=O)C1CC(=O)N(c2ccccc2F)C1. The maximum Gasteiger partial charge on any atom is 0.271 e. The second-order valence-corrected chi connectivity index (χ2v) is 6.10. The third kappa shape index (κ3) is 3.39. The van der Waals surface area contributed by atoms with Gasteiger partial charge in [-0.3, -0.25) is 19.7 Å². The minimum atomic E-state index is -0.666. The molecule has 3 rings (SSSR count). The van der Waals surface area contributed by atoms with Crippen LogP contribution in [-0.4, -0.2) is 23.3 Å². The number of nitrogens with one attached hydrogen (secondary N) is 1. The van der Waals surface area contributed by atoms with Gasteiger partial charge in [0.05, 0.1) is 22.2 Å². The van der Waals surface area contributed by atoms with Gasteiger partial charge in [-0.2, -0.15) is 0 Å². The molecule has 8 heteroatoms. The summed E-state index contributed by atoms with van der Waals surface area (Å²) in [4.78, 5) is 36.3. The lowest BCUT2D eigenvalue weighted by Crippen LogP contribution is -2.28. The first-order valence-corrected chi connectivity index (χ1v) is 7.97. The lowest BCUT2D eigenvalue weighted by Gasteiger charge is -2.17. The molecule has 1 unspecified atom stereocenters. The lowest BCUT2D eigenvalue weighted by molar-refractivity contribution is -0.384. The number of hydrogen-bond donors (Lipinski definition) is 1. The van der Waals surface area contributed by atoms with Gasteiger partial charge in [-0.15, -0.1) is 0 Å². The molecule has 0 bridgehead atoms. The second kappa shape index (κ2) is 6.91. The number of anilines is 2. The summed E-state index contributed by atoms with van der Waals surface area (Å²) < 4.78 is 13.9. The number of aryl methyl sites for hydroxylation is 1. The number of carbonyl (C=O) groups excluding carboxylic acids is 2. The maximum absolute atomic E-state index is 13.9. The highest BCUT2D eigenvalue weighted by Crippen LogP contribution is 2.29. The van der Waals surface area contributed by atoms with E-state index in [0.29, 0.717) is 11.3 Å². The number of rotatable bonds is 4. The van der Waals surface area contributed by atoms with Crippen LogP contribution in [0.4, 0.5) is 21.5 Å². The van der Waals surface area contributed by atoms with E-state index >= 15 is 0 Å². The molecule has 26 heavy (non-hydrogen) atoms. The molecule has 0 aliphatic carbocycles. The number of hydrogen-bond acceptors (Lipinski definition) is 4. The van der Waals surface area contributed by atoms with E-state index in [-0.39, 0.29) is 30.2 Å². The lowest BCUT2D eigenvalue weighted by atomic mass is 10.1. The molecular weight excluding hydrogens is 341 g/mol. The van der Waals surface area contributed by atoms with Crippen LogP contribution in [-0.2, 0) is 9.59 Å². The van der Waals surface area contributed by atoms with E-state index in [9.17, 15) is 24.1 Å². The number of carbonyl (C=O) groups is 2. The quantitative estimate of drug-likeness (QED) is 0.672. The number of nitro benzene ring substituents is 1. The summed E-state index contributed by atoms with van der Waals surface area (Å²) in [5.41, 5.74) is 0.987. The first-order valence-electron chi connectivity index (χ1n) is 7.97. The van der Waals surface area contributed by atoms with Gasteiger partial charge in [-0.1, -0.05) is 18.2 Å². The van der Waals surface area contributed by atoms with Gasteiger partial charge < -0.3 is 10.2 Å². The van der Waals surface area contributed by atoms with Crippen molar-refractivity contribution in [3.8, 4) is 0 Å². The van der Waals surface area contributed by atoms with Crippen molar-refractivity contribution >= 4 is 28.9 Å². The van der Waals surface area contributed by atoms with Crippen molar-refractivity contribution in [1.82, 2.24) is 0 Å². The third-order valence-electron chi connectivity index (χ3n) is 4.33. The van der Waals surface area contributed by atoms with Crippen molar-refractivity contribution in [1.29, 1.82) is 0 Å². The third-order valence-corrected chi connectivity index (χ3v) is 4.33. The average molecular weight is 357 g/mol. The minimum Gasteiger partial charge on any atom is -0.325 e. The van der Waals surface area contributed by atoms with Crippen molar-refractivity contribution in [2.24, 2.45) is 5.92 Å². The van der Waals surface area contributed by atoms with E-state index in [2.05, 4.69) is 5.32 Å². The van der Waals surface area contributed by atoms with Crippen LogP contribution in [0.1, 0.15) is 12.0 Å². The fourth-order valence-corrected chi connectivity index (χ4v) is 2.88. The highest BCUT2D eigenvalue weighted by atomic mass is 19.1. The molecule has 2 aromatic rings. The van der Waals surface area contributed by atoms with Gasteiger partial charge in [0.2, 0.25) is 11.8 Å². The van der Waals surface area contributed by atoms with Crippen LogP contribution in [0, 0.1) is 28.8 Å². The van der Waals surface area contributed by atoms with Gasteiger partial charge in [0, 0.05) is 25.1 Å². The Morgan fingerprint density at radius 1 is 1.31 bits per heavy atom. The Balaban J connectivity index is 1.76. The van der Waals surface area contributed by atoms with Gasteiger partial charge in [0.1, 0.15) is 5.82 Å². The summed E-state index contributed by atoms with van der Waals surface area (Å²) in [7, 11) is 0. The Bertz CT molecular complexity index is 900. The average Bonchev–Trinajstić information content (AvgIpc) is 2.99. The van der Waals surface area contributed by atoms with Gasteiger partial charge in [0.15, 0.2) is 0 Å². The Morgan fingerprint density at radius 3 is 2.73 bits per heavy atom. The Hall–Kier alpha value is -3.29. The molecule has 1 saturated heterocycles. The zero-order chi connectivity index (χ0) is 18.8. The summed E-state index contributed by atoms with van der Waals surface area (Å²) in [6.07, 6.45) is -0.0475. The van der Waals surface area contributed by atoms with E-state index in [1.807, 2.05) is 0 Å². The molecule has 134 valence electrons. The molecule has 2 aromatic carbocycles. The molecule has 1 atom stereocenters. The van der Waals surface area contributed by atoms with Crippen LogP contribution < -0.4 is 10.2 Å². The number of non-ortho nitro benzene ring substituents is 1. The molecule has 1 heterocycles. The van der Waals surface area contributed by atoms with Crippen LogP contribution in [0.25, 0.3) is 0 Å². The number of para-hydroxylation sites is 1. The van der Waals surface area contributed by atoms with Crippen LogP contribution in [0.3, 0.4) is 0 Å². The van der Waals surface area contributed by atoms with E-state index in [4.69, 9.17) is 0 Å². The van der Waals surface area contributed by atoms with Gasteiger partial charge in [-0.05, 0) is 24.6 Å². The largest absolute Gasteiger partial charge is 0.325 e. The standard InChI is InChI=1S/C18H16FN3O4/c1-11-6-7-13(22(25)26)9-15(11)20-18(24)12-8-17(23)21(10-12)16-5-3-2-4-14(16)19/h2-7,9,12H,8,10H2,1H3,(H,20,24). The van der Waals surface area contributed by atoms with Crippen LogP contribution >= 0.6 is 0 Å². The number of amides is 2. The summed E-state index contributed by atoms with van der Waals surface area (Å²) in [5, 5.41) is 13.5. The monoisotopic (exact) mass is 357 g/mol. The number of nitrogens with zero attached hydrogens (tertiary/aromatic N) is 2. The van der Waals surface area contributed by atoms with Crippen LogP contribution in [0.2, 0.25) is 0 Å². The van der Waals surface area contributed by atoms with Gasteiger partial charge in [0.25, 0.3) is 5.69 Å². The van der Waals surface area contributed by atoms with Crippen molar-refractivity contribution in [2.75, 3.05) is 16.8 Å². The number of nitro groups is 1. The summed E-state index contributed by atoms with van der Waals surface area (Å²) in [6.45, 7) is 1.77. The van der Waals surface area contributed by atoms with Crippen molar-refractivity contribution in [3.05, 3.63) is 64.0 Å². The normalized spacial score (nSPS) is 16.6. The predicted octanol–water partition coefficient (Wildman–Crippen LogP) is 3.03. The zero-order valence-corrected chi connectivity index (χ0v) is 13.9. The van der Waals surface area contributed by atoms with Crippen molar-refractivity contribution in [3.63, 3.8) is 0 Å². The van der Waals surface area contributed by atoms with E-state index in [1.54, 1.807) is 19.1 Å². The molecule has 1 aliphatic heterocycles. The van der Waals surface area contributed by atoms with Crippen LogP contribution in [0.15, 0.2) is 42.5 Å². The fourth-order valence-electron chi connectivity index (χ4n) is 2.88. The minimum absolute atomic E-state index is 0.0475. The highest BCUT2D eigenvalue weighted by Gasteiger charge is 2.36. The second-order valence-electron chi connectivity index (χ2n) is 6.10. The summed E-state index contributed by atoms with van der Waals surface area (Å²) in [6, 6.07) is 10.0. The molecule has 1 N–H and O–H groups in total. The first kappa shape index (κ1) is 17.5. The zero-order valence-electron chi connectivity index (χ0n) is 13.9. The number of benzene rings is 2. The molecule has 0 saturated carbocycles. The highest BCUT2D eigenvalue weighted by molar-refractivity contribution is 6.03. The molecule has 0 aromatic heterocycles. The van der Waals surface area contributed by atoms with Crippen molar-refractivity contribution in [2.45, 2.75) is 13.3 Å². The molecule has 1 fully saturated rings. The fraction of sp³-hybridized carbons (Fsp3) is 0.222. The van der Waals surface area contributed by atoms with Gasteiger partial charge in [-0.25, -0.2) is 4.39 Å². The van der Waals surface area contributed by atoms with E-state index in [1.165, 1.54) is 35.2 Å². The maximum atomic E-state index is 13.9. The number of halogens is 1. The Labute approximate surface area is 148 Å². The molecule has 0 radical (unpaired) electrons. The van der Waals surface area contributed by atoms with E-state index in [0.717, 1.165) is 0 Å². The topological polar surface area (TPSA) is 92.5 Å². The van der Waals surface area contributed by atoms with Crippen LogP contribution in [0.5, 0.6) is 0 Å². The Kier molecular flexibility index (Phi) is 4.66. The molecule has 2 amide bonds. The smallest absolute Gasteiger partial charge is 0.271 e. The van der Waals surface area contributed by atoms with Gasteiger partial charge >= 0.3 is 0 Å². The molecule has 7 nitrogen and oxygen atoms in total. The van der Waals surface area contributed by atoms with E-state index < -0.39 is 22.6 Å². The Morgan fingerprint density at radius 2 is 2.04 bits per heavy atom. The summed E-state index contributed by atoms with van der Waals surface area (Å²) >= 11 is 0. The molecule has 1 aliphatic rings. The first-order chi connectivity index (χ1) is 12.4. The molecular formula is C18H16FN3O4. The summed E-state index contributed by atoms with van der Waals surface area (Å²) in [5.74, 6) is -1.97. The predicted molar refractivity (Wildman–Crippen MR) is 93.3 cm³/mol.